The van der Waals surface area contributed by atoms with Crippen LogP contribution in [0.15, 0.2) is 56.1 Å². The van der Waals surface area contributed by atoms with E-state index in [1.54, 1.807) is 23.1 Å². The fourth-order valence-corrected chi connectivity index (χ4v) is 5.42. The van der Waals surface area contributed by atoms with Crippen molar-refractivity contribution in [3.63, 3.8) is 0 Å². The van der Waals surface area contributed by atoms with Gasteiger partial charge in [0.15, 0.2) is 5.43 Å². The number of hydrogen-bond donors (Lipinski definition) is 0. The Morgan fingerprint density at radius 1 is 1.12 bits per heavy atom. The topological polar surface area (TPSA) is 76.3 Å². The first-order chi connectivity index (χ1) is 15.3. The van der Waals surface area contributed by atoms with Crippen molar-refractivity contribution < 1.29 is 9.21 Å². The van der Waals surface area contributed by atoms with Crippen LogP contribution in [0, 0.1) is 12.8 Å². The molecule has 0 spiro atoms. The summed E-state index contributed by atoms with van der Waals surface area (Å²) in [6.07, 6.45) is 0.775. The van der Waals surface area contributed by atoms with Crippen molar-refractivity contribution >= 4 is 49.3 Å². The van der Waals surface area contributed by atoms with Crippen molar-refractivity contribution in [2.24, 2.45) is 5.92 Å². The van der Waals surface area contributed by atoms with E-state index in [2.05, 4.69) is 40.0 Å². The van der Waals surface area contributed by atoms with Crippen LogP contribution >= 0.6 is 27.3 Å². The Morgan fingerprint density at radius 2 is 1.88 bits per heavy atom. The molecule has 1 unspecified atom stereocenters. The third kappa shape index (κ3) is 3.47. The Labute approximate surface area is 197 Å². The Morgan fingerprint density at radius 3 is 2.59 bits per heavy atom. The second kappa shape index (κ2) is 7.94. The van der Waals surface area contributed by atoms with Gasteiger partial charge in [0.1, 0.15) is 10.6 Å². The van der Waals surface area contributed by atoms with Gasteiger partial charge in [0.2, 0.25) is 10.9 Å². The molecule has 4 aromatic rings. The van der Waals surface area contributed by atoms with E-state index in [9.17, 15) is 9.59 Å². The first-order valence-corrected chi connectivity index (χ1v) is 11.9. The molecule has 162 valence electrons. The summed E-state index contributed by atoms with van der Waals surface area (Å²) < 4.78 is 6.77. The maximum Gasteiger partial charge on any atom is 0.297 e. The van der Waals surface area contributed by atoms with Gasteiger partial charge in [0.25, 0.3) is 5.91 Å². The zero-order valence-electron chi connectivity index (χ0n) is 17.8. The highest BCUT2D eigenvalue weighted by Gasteiger charge is 2.45. The first-order valence-electron chi connectivity index (χ1n) is 10.3. The van der Waals surface area contributed by atoms with Gasteiger partial charge in [-0.3, -0.25) is 14.5 Å². The third-order valence-electron chi connectivity index (χ3n) is 5.47. The zero-order chi connectivity index (χ0) is 22.6. The van der Waals surface area contributed by atoms with Gasteiger partial charge in [-0.15, -0.1) is 10.2 Å². The molecule has 1 atom stereocenters. The van der Waals surface area contributed by atoms with E-state index in [0.717, 1.165) is 27.0 Å². The number of fused-ring (bicyclic) bond motifs is 2. The number of aromatic nitrogens is 2. The largest absolute Gasteiger partial charge is 0.450 e. The van der Waals surface area contributed by atoms with Crippen LogP contribution in [0.2, 0.25) is 0 Å². The molecule has 0 fully saturated rings. The predicted molar refractivity (Wildman–Crippen MR) is 128 cm³/mol. The molecular formula is C24H20BrN3O3S. The lowest BCUT2D eigenvalue weighted by Gasteiger charge is -2.22. The molecule has 0 N–H and O–H groups in total. The average Bonchev–Trinajstić information content (AvgIpc) is 3.31. The van der Waals surface area contributed by atoms with Crippen LogP contribution in [-0.2, 0) is 6.42 Å². The number of halogens is 1. The molecule has 32 heavy (non-hydrogen) atoms. The minimum absolute atomic E-state index is 0.0657. The minimum atomic E-state index is -0.627. The Kier molecular flexibility index (Phi) is 5.22. The number of amides is 1. The maximum absolute atomic E-state index is 13.6. The standard InChI is InChI=1S/C24H20BrN3O3S/c1-12(2)10-18-26-27-24(32-18)28-20(14-6-4-13(3)5-7-14)19-21(29)16-11-15(25)8-9-17(16)31-22(19)23(28)30/h4-9,11-12,20H,10H2,1-3H3. The van der Waals surface area contributed by atoms with Crippen molar-refractivity contribution in [2.75, 3.05) is 4.90 Å². The molecule has 0 radical (unpaired) electrons. The molecule has 0 bridgehead atoms. The zero-order valence-corrected chi connectivity index (χ0v) is 20.2. The van der Waals surface area contributed by atoms with Gasteiger partial charge < -0.3 is 4.42 Å². The van der Waals surface area contributed by atoms with Crippen LogP contribution in [0.4, 0.5) is 5.13 Å². The number of aryl methyl sites for hydroxylation is 1. The van der Waals surface area contributed by atoms with Crippen LogP contribution in [0.1, 0.15) is 52.1 Å². The number of benzene rings is 2. The Hall–Kier alpha value is -2.84. The van der Waals surface area contributed by atoms with Gasteiger partial charge in [-0.2, -0.15) is 0 Å². The summed E-state index contributed by atoms with van der Waals surface area (Å²) in [5.74, 6) is 0.109. The molecule has 1 amide bonds. The summed E-state index contributed by atoms with van der Waals surface area (Å²) in [6, 6.07) is 12.4. The monoisotopic (exact) mass is 509 g/mol. The van der Waals surface area contributed by atoms with E-state index < -0.39 is 6.04 Å². The number of rotatable bonds is 4. The third-order valence-corrected chi connectivity index (χ3v) is 6.91. The summed E-state index contributed by atoms with van der Waals surface area (Å²) >= 11 is 4.80. The van der Waals surface area contributed by atoms with Crippen LogP contribution < -0.4 is 10.3 Å². The number of carbonyl (C=O) groups is 1. The maximum atomic E-state index is 13.6. The molecule has 8 heteroatoms. The molecule has 0 saturated heterocycles. The van der Waals surface area contributed by atoms with Gasteiger partial charge in [0.05, 0.1) is 17.0 Å². The molecule has 2 aromatic heterocycles. The summed E-state index contributed by atoms with van der Waals surface area (Å²) in [5.41, 5.74) is 2.42. The van der Waals surface area contributed by atoms with E-state index >= 15 is 0 Å². The van der Waals surface area contributed by atoms with E-state index in [-0.39, 0.29) is 17.1 Å². The number of anilines is 1. The molecule has 5 rings (SSSR count). The lowest BCUT2D eigenvalue weighted by Crippen LogP contribution is -2.29. The fourth-order valence-electron chi connectivity index (χ4n) is 3.98. The summed E-state index contributed by atoms with van der Waals surface area (Å²) in [6.45, 7) is 6.22. The number of nitrogens with zero attached hydrogens (tertiary/aromatic N) is 3. The van der Waals surface area contributed by atoms with E-state index in [1.165, 1.54) is 11.3 Å². The lowest BCUT2D eigenvalue weighted by molar-refractivity contribution is 0.0970. The summed E-state index contributed by atoms with van der Waals surface area (Å²) in [7, 11) is 0. The highest BCUT2D eigenvalue weighted by Crippen LogP contribution is 2.42. The Bertz CT molecular complexity index is 1410. The fraction of sp³-hybridized carbons (Fsp3) is 0.250. The molecular weight excluding hydrogens is 490 g/mol. The van der Waals surface area contributed by atoms with E-state index in [0.29, 0.717) is 27.6 Å². The smallest absolute Gasteiger partial charge is 0.297 e. The quantitative estimate of drug-likeness (QED) is 0.354. The van der Waals surface area contributed by atoms with Gasteiger partial charge in [0, 0.05) is 10.9 Å². The normalized spacial score (nSPS) is 15.7. The van der Waals surface area contributed by atoms with Crippen LogP contribution in [0.25, 0.3) is 11.0 Å². The van der Waals surface area contributed by atoms with Crippen LogP contribution in [0.3, 0.4) is 0 Å². The summed E-state index contributed by atoms with van der Waals surface area (Å²) in [5, 5.41) is 10.4. The van der Waals surface area contributed by atoms with Crippen molar-refractivity contribution in [1.29, 1.82) is 0 Å². The number of carbonyl (C=O) groups excluding carboxylic acids is 1. The second-order valence-electron chi connectivity index (χ2n) is 8.38. The second-order valence-corrected chi connectivity index (χ2v) is 10.3. The highest BCUT2D eigenvalue weighted by atomic mass is 79.9. The van der Waals surface area contributed by atoms with Gasteiger partial charge in [-0.25, -0.2) is 0 Å². The van der Waals surface area contributed by atoms with Crippen LogP contribution in [0.5, 0.6) is 0 Å². The average molecular weight is 510 g/mol. The molecule has 2 aromatic carbocycles. The van der Waals surface area contributed by atoms with Crippen LogP contribution in [-0.4, -0.2) is 16.1 Å². The lowest BCUT2D eigenvalue weighted by atomic mass is 9.98. The minimum Gasteiger partial charge on any atom is -0.450 e. The molecule has 1 aliphatic heterocycles. The number of hydrogen-bond acceptors (Lipinski definition) is 6. The highest BCUT2D eigenvalue weighted by molar-refractivity contribution is 9.10. The molecule has 3 heterocycles. The van der Waals surface area contributed by atoms with Gasteiger partial charge in [-0.1, -0.05) is 70.9 Å². The van der Waals surface area contributed by atoms with Crippen molar-refractivity contribution in [3.8, 4) is 0 Å². The predicted octanol–water partition coefficient (Wildman–Crippen LogP) is 5.66. The molecule has 6 nitrogen and oxygen atoms in total. The van der Waals surface area contributed by atoms with Crippen molar-refractivity contribution in [3.05, 3.63) is 84.6 Å². The first kappa shape index (κ1) is 21.0. The molecule has 0 saturated carbocycles. The van der Waals surface area contributed by atoms with Crippen molar-refractivity contribution in [1.82, 2.24) is 10.2 Å². The van der Waals surface area contributed by atoms with Gasteiger partial charge >= 0.3 is 0 Å². The van der Waals surface area contributed by atoms with Gasteiger partial charge in [-0.05, 0) is 36.6 Å². The summed E-state index contributed by atoms with van der Waals surface area (Å²) in [4.78, 5) is 28.7. The van der Waals surface area contributed by atoms with E-state index in [4.69, 9.17) is 4.42 Å². The van der Waals surface area contributed by atoms with E-state index in [1.807, 2.05) is 31.2 Å². The van der Waals surface area contributed by atoms with Crippen molar-refractivity contribution in [2.45, 2.75) is 33.2 Å². The molecule has 0 aliphatic carbocycles. The SMILES string of the molecule is Cc1ccc(C2c3c(oc4ccc(Br)cc4c3=O)C(=O)N2c2nnc(CC(C)C)s2)cc1. The molecule has 1 aliphatic rings. The Balaban J connectivity index is 1.74.